The van der Waals surface area contributed by atoms with Crippen molar-refractivity contribution in [2.24, 2.45) is 0 Å². The fraction of sp³-hybridized carbons (Fsp3) is 0.333. The predicted molar refractivity (Wildman–Crippen MR) is 135 cm³/mol. The summed E-state index contributed by atoms with van der Waals surface area (Å²) < 4.78 is 6.62. The first-order valence-electron chi connectivity index (χ1n) is 11.2. The molecule has 0 spiro atoms. The highest BCUT2D eigenvalue weighted by molar-refractivity contribution is 5.95. The number of nitrogens with zero attached hydrogens (tertiary/aromatic N) is 3. The van der Waals surface area contributed by atoms with Crippen LogP contribution in [0.3, 0.4) is 0 Å². The lowest BCUT2D eigenvalue weighted by Crippen LogP contribution is -2.23. The first-order chi connectivity index (χ1) is 15.3. The van der Waals surface area contributed by atoms with Crippen LogP contribution in [0, 0.1) is 0 Å². The zero-order chi connectivity index (χ0) is 23.0. The Morgan fingerprint density at radius 1 is 0.812 bits per heavy atom. The van der Waals surface area contributed by atoms with Gasteiger partial charge in [0.1, 0.15) is 17.2 Å². The molecule has 0 unspecified atom stereocenters. The van der Waals surface area contributed by atoms with E-state index in [1.54, 1.807) is 6.07 Å². The van der Waals surface area contributed by atoms with E-state index >= 15 is 0 Å². The third-order valence-corrected chi connectivity index (χ3v) is 6.23. The highest BCUT2D eigenvalue weighted by Gasteiger charge is 2.28. The van der Waals surface area contributed by atoms with Crippen molar-refractivity contribution in [1.82, 2.24) is 0 Å². The lowest BCUT2D eigenvalue weighted by Gasteiger charge is -2.31. The van der Waals surface area contributed by atoms with Gasteiger partial charge in [-0.15, -0.1) is 0 Å². The average molecular weight is 432 g/mol. The fourth-order valence-electron chi connectivity index (χ4n) is 4.48. The van der Waals surface area contributed by atoms with Crippen LogP contribution in [0.5, 0.6) is 17.2 Å². The molecular weight excluding hydrogens is 398 g/mol. The van der Waals surface area contributed by atoms with Gasteiger partial charge in [0, 0.05) is 76.4 Å². The number of aromatic hydroxyl groups is 1. The van der Waals surface area contributed by atoms with Crippen molar-refractivity contribution in [3.63, 3.8) is 0 Å². The van der Waals surface area contributed by atoms with Crippen LogP contribution < -0.4 is 19.4 Å². The first kappa shape index (κ1) is 21.9. The average Bonchev–Trinajstić information content (AvgIpc) is 2.77. The molecule has 0 amide bonds. The number of phenols is 1. The molecule has 0 bridgehead atoms. The van der Waals surface area contributed by atoms with Crippen molar-refractivity contribution in [3.05, 3.63) is 59.7 Å². The van der Waals surface area contributed by atoms with Gasteiger partial charge < -0.3 is 24.5 Å². The second-order valence-electron chi connectivity index (χ2n) is 8.65. The highest BCUT2D eigenvalue weighted by Crippen LogP contribution is 2.52. The molecule has 1 aliphatic heterocycles. The number of fused-ring (bicyclic) bond motifs is 2. The van der Waals surface area contributed by atoms with Gasteiger partial charge in [-0.1, -0.05) is 18.2 Å². The van der Waals surface area contributed by atoms with E-state index in [2.05, 4.69) is 64.9 Å². The summed E-state index contributed by atoms with van der Waals surface area (Å²) >= 11 is 0. The Balaban J connectivity index is 1.97. The maximum absolute atomic E-state index is 11.1. The summed E-state index contributed by atoms with van der Waals surface area (Å²) in [7, 11) is 8.13. The lowest BCUT2D eigenvalue weighted by atomic mass is 9.91. The van der Waals surface area contributed by atoms with E-state index in [-0.39, 0.29) is 5.75 Å². The van der Waals surface area contributed by atoms with Gasteiger partial charge in [-0.2, -0.15) is 0 Å². The van der Waals surface area contributed by atoms with Crippen LogP contribution in [0.1, 0.15) is 25.0 Å². The summed E-state index contributed by atoms with van der Waals surface area (Å²) in [6.07, 6.45) is 0.799. The maximum atomic E-state index is 11.1. The van der Waals surface area contributed by atoms with Crippen LogP contribution in [0.25, 0.3) is 11.1 Å². The summed E-state index contributed by atoms with van der Waals surface area (Å²) in [4.78, 5) is 6.44. The molecule has 5 nitrogen and oxygen atoms in total. The smallest absolute Gasteiger partial charge is 0.141 e. The molecule has 0 aliphatic carbocycles. The van der Waals surface area contributed by atoms with Gasteiger partial charge in [-0.05, 0) is 43.7 Å². The topological polar surface area (TPSA) is 39.2 Å². The molecule has 0 saturated heterocycles. The van der Waals surface area contributed by atoms with Crippen molar-refractivity contribution < 1.29 is 9.84 Å². The Morgan fingerprint density at radius 2 is 1.53 bits per heavy atom. The number of ether oxygens (including phenoxy) is 1. The molecule has 1 aliphatic rings. The van der Waals surface area contributed by atoms with Crippen LogP contribution in [0.15, 0.2) is 48.5 Å². The summed E-state index contributed by atoms with van der Waals surface area (Å²) in [6.45, 7) is 5.99. The van der Waals surface area contributed by atoms with Gasteiger partial charge in [0.15, 0.2) is 0 Å². The number of hydrogen-bond acceptors (Lipinski definition) is 5. The summed E-state index contributed by atoms with van der Waals surface area (Å²) in [5.41, 5.74) is 7.20. The molecule has 4 rings (SSSR count). The third kappa shape index (κ3) is 3.72. The minimum absolute atomic E-state index is 0.266. The van der Waals surface area contributed by atoms with Crippen molar-refractivity contribution >= 4 is 17.1 Å². The second-order valence-corrected chi connectivity index (χ2v) is 8.65. The monoisotopic (exact) mass is 431 g/mol. The standard InChI is InChI=1S/C27H33N3O2/c1-7-30(8-2)22-10-9-11-23(31)25(22)26-21(29(5)6)15-13-19-16-18-12-14-20(28(3)4)17-24(18)32-27(19)26/h9-15,17,31H,7-8,16H2,1-6H3. The maximum Gasteiger partial charge on any atom is 0.141 e. The van der Waals surface area contributed by atoms with Gasteiger partial charge in [0.2, 0.25) is 0 Å². The highest BCUT2D eigenvalue weighted by atomic mass is 16.5. The molecule has 0 aromatic heterocycles. The number of anilines is 3. The van der Waals surface area contributed by atoms with Crippen molar-refractivity contribution in [3.8, 4) is 28.4 Å². The zero-order valence-electron chi connectivity index (χ0n) is 19.9. The molecule has 0 saturated carbocycles. The van der Waals surface area contributed by atoms with E-state index in [4.69, 9.17) is 4.74 Å². The number of phenolic OH excluding ortho intramolecular Hbond substituents is 1. The second kappa shape index (κ2) is 8.65. The van der Waals surface area contributed by atoms with E-state index in [0.717, 1.165) is 64.8 Å². The molecule has 5 heteroatoms. The Kier molecular flexibility index (Phi) is 5.92. The van der Waals surface area contributed by atoms with Gasteiger partial charge in [-0.3, -0.25) is 0 Å². The third-order valence-electron chi connectivity index (χ3n) is 6.23. The van der Waals surface area contributed by atoms with E-state index in [1.165, 1.54) is 5.56 Å². The zero-order valence-corrected chi connectivity index (χ0v) is 19.9. The minimum Gasteiger partial charge on any atom is -0.507 e. The fourth-order valence-corrected chi connectivity index (χ4v) is 4.48. The molecule has 0 fully saturated rings. The lowest BCUT2D eigenvalue weighted by molar-refractivity contribution is 0.459. The largest absolute Gasteiger partial charge is 0.507 e. The van der Waals surface area contributed by atoms with Gasteiger partial charge in [-0.25, -0.2) is 0 Å². The molecule has 3 aromatic carbocycles. The Morgan fingerprint density at radius 3 is 2.19 bits per heavy atom. The van der Waals surface area contributed by atoms with Gasteiger partial charge in [0.25, 0.3) is 0 Å². The summed E-state index contributed by atoms with van der Waals surface area (Å²) in [5.74, 6) is 1.97. The quantitative estimate of drug-likeness (QED) is 0.422. The normalized spacial score (nSPS) is 11.9. The van der Waals surface area contributed by atoms with Gasteiger partial charge >= 0.3 is 0 Å². The molecule has 32 heavy (non-hydrogen) atoms. The molecule has 168 valence electrons. The van der Waals surface area contributed by atoms with Crippen molar-refractivity contribution in [2.45, 2.75) is 20.3 Å². The van der Waals surface area contributed by atoms with E-state index in [0.29, 0.717) is 0 Å². The summed E-state index contributed by atoms with van der Waals surface area (Å²) in [6, 6.07) is 16.4. The number of hydrogen-bond donors (Lipinski definition) is 1. The molecular formula is C27H33N3O2. The number of benzene rings is 3. The molecule has 0 atom stereocenters. The Hall–Kier alpha value is -3.34. The van der Waals surface area contributed by atoms with Crippen molar-refractivity contribution in [2.75, 3.05) is 56.0 Å². The molecule has 1 N–H and O–H groups in total. The first-order valence-corrected chi connectivity index (χ1v) is 11.2. The van der Waals surface area contributed by atoms with Gasteiger partial charge in [0.05, 0.1) is 11.1 Å². The van der Waals surface area contributed by atoms with Crippen molar-refractivity contribution in [1.29, 1.82) is 0 Å². The Labute approximate surface area is 191 Å². The van der Waals surface area contributed by atoms with Crippen LogP contribution in [-0.4, -0.2) is 46.4 Å². The van der Waals surface area contributed by atoms with E-state index in [1.807, 2.05) is 34.3 Å². The van der Waals surface area contributed by atoms with Crippen LogP contribution >= 0.6 is 0 Å². The van der Waals surface area contributed by atoms with Crippen LogP contribution in [0.4, 0.5) is 17.1 Å². The predicted octanol–water partition coefficient (Wildman–Crippen LogP) is 5.73. The molecule has 3 aromatic rings. The Bertz CT molecular complexity index is 1130. The molecule has 1 heterocycles. The minimum atomic E-state index is 0.266. The number of rotatable bonds is 6. The van der Waals surface area contributed by atoms with Crippen LogP contribution in [-0.2, 0) is 6.42 Å². The van der Waals surface area contributed by atoms with E-state index < -0.39 is 0 Å². The van der Waals surface area contributed by atoms with E-state index in [9.17, 15) is 5.11 Å². The van der Waals surface area contributed by atoms with Crippen LogP contribution in [0.2, 0.25) is 0 Å². The molecule has 0 radical (unpaired) electrons. The summed E-state index contributed by atoms with van der Waals surface area (Å²) in [5, 5.41) is 11.1. The SMILES string of the molecule is CCN(CC)c1cccc(O)c1-c1c(N(C)C)ccc2c1Oc1cc(N(C)C)ccc1C2.